The normalized spacial score (nSPS) is 13.0. The van der Waals surface area contributed by atoms with E-state index in [1.165, 1.54) is 11.8 Å². The number of amides is 7. The monoisotopic (exact) mass is 1060 g/mol. The van der Waals surface area contributed by atoms with E-state index in [9.17, 15) is 43.5 Å². The fourth-order valence-electron chi connectivity index (χ4n) is 7.37. The predicted octanol–water partition coefficient (Wildman–Crippen LogP) is 0.268. The van der Waals surface area contributed by atoms with Gasteiger partial charge in [0.15, 0.2) is 0 Å². The van der Waals surface area contributed by atoms with Crippen LogP contribution in [0.4, 0.5) is 0 Å². The maximum Gasteiger partial charge on any atom is 0.305 e. The van der Waals surface area contributed by atoms with Crippen LogP contribution in [0.5, 0.6) is 0 Å². The number of para-hydroxylation sites is 1. The first-order valence-corrected chi connectivity index (χ1v) is 26.7. The quantitative estimate of drug-likeness (QED) is 0.0136. The van der Waals surface area contributed by atoms with Crippen molar-refractivity contribution in [3.05, 3.63) is 102 Å². The number of unbranched alkanes of at least 4 members (excludes halogenated alkanes) is 2. The predicted molar refractivity (Wildman–Crippen MR) is 274 cm³/mol. The van der Waals surface area contributed by atoms with E-state index in [1.54, 1.807) is 42.8 Å². The van der Waals surface area contributed by atoms with E-state index in [0.29, 0.717) is 50.0 Å². The number of H-pyrrole nitrogens is 1. The molecule has 1 heterocycles. The molecule has 1 aromatic heterocycles. The molecule has 0 saturated heterocycles. The first-order chi connectivity index (χ1) is 34.1. The van der Waals surface area contributed by atoms with Gasteiger partial charge in [-0.25, -0.2) is 0 Å². The maximum absolute atomic E-state index is 14.2. The number of guanidine groups is 1. The number of carboxylic acid groups (broad SMARTS) is 1. The number of hydrogen-bond donors (Lipinski definition) is 11. The van der Waals surface area contributed by atoms with Crippen LogP contribution < -0.4 is 53.6 Å². The van der Waals surface area contributed by atoms with Crippen LogP contribution in [0.3, 0.4) is 0 Å². The van der Waals surface area contributed by atoms with Crippen molar-refractivity contribution >= 4 is 95.4 Å². The van der Waals surface area contributed by atoms with Gasteiger partial charge in [0.05, 0.1) is 6.42 Å². The topological polar surface area (TPSA) is 335 Å². The summed E-state index contributed by atoms with van der Waals surface area (Å²) in [5.74, 6) is -5.46. The minimum Gasteiger partial charge on any atom is -0.481 e. The van der Waals surface area contributed by atoms with Crippen LogP contribution in [0.2, 0.25) is 5.32 Å². The third kappa shape index (κ3) is 20.9. The second-order valence-electron chi connectivity index (χ2n) is 16.6. The number of thioether (sulfide) groups is 1. The molecule has 3 aromatic carbocycles. The van der Waals surface area contributed by atoms with E-state index >= 15 is 0 Å². The van der Waals surface area contributed by atoms with Gasteiger partial charge < -0.3 is 37.1 Å². The Morgan fingerprint density at radius 1 is 0.662 bits per heavy atom. The number of carbonyl (C=O) groups is 8. The zero-order chi connectivity index (χ0) is 51.5. The third-order valence-electron chi connectivity index (χ3n) is 11.0. The van der Waals surface area contributed by atoms with E-state index < -0.39 is 72.1 Å². The van der Waals surface area contributed by atoms with Gasteiger partial charge in [0.1, 0.15) is 24.2 Å². The molecule has 7 amide bonds. The van der Waals surface area contributed by atoms with Crippen molar-refractivity contribution in [1.82, 2.24) is 36.9 Å². The van der Waals surface area contributed by atoms with Crippen LogP contribution in [-0.4, -0.2) is 134 Å². The van der Waals surface area contributed by atoms with Crippen molar-refractivity contribution in [2.75, 3.05) is 25.1 Å². The number of carboxylic acids is 1. The van der Waals surface area contributed by atoms with E-state index in [1.807, 2.05) is 54.6 Å². The number of primary amides is 1. The molecule has 71 heavy (non-hydrogen) atoms. The van der Waals surface area contributed by atoms with Crippen LogP contribution in [0.1, 0.15) is 62.5 Å². The molecule has 0 aliphatic rings. The van der Waals surface area contributed by atoms with Crippen molar-refractivity contribution in [1.29, 1.82) is 0 Å². The Morgan fingerprint density at radius 3 is 1.97 bits per heavy atom. The van der Waals surface area contributed by atoms with Crippen molar-refractivity contribution in [2.24, 2.45) is 22.2 Å². The SMILES string of the molecule is CSCC[C@H](NC(=O)[C@H](Cc1c[nH]c2ccccc12)NC(=O)CCCCCNC(=O)[C@H](CCCN=C(N)N)NC(=O)C[Se]c1ccccc1)C(=O)N[C@@H](CC(=O)O)C(=O)N[C@@H](Cc1ccccc1)C(N)=O. The Morgan fingerprint density at radius 2 is 1.28 bits per heavy atom. The summed E-state index contributed by atoms with van der Waals surface area (Å²) in [6.45, 7) is 0.580. The number of carbonyl (C=O) groups excluding carboxylic acids is 7. The number of benzene rings is 3. The molecule has 382 valence electrons. The molecule has 14 N–H and O–H groups in total. The molecule has 20 nitrogen and oxygen atoms in total. The van der Waals surface area contributed by atoms with E-state index in [4.69, 9.17) is 17.2 Å². The number of aromatic nitrogens is 1. The molecule has 0 fully saturated rings. The molecular weight excluding hydrogens is 998 g/mol. The van der Waals surface area contributed by atoms with Gasteiger partial charge in [0, 0.05) is 29.9 Å². The average Bonchev–Trinajstić information content (AvgIpc) is 3.76. The van der Waals surface area contributed by atoms with Gasteiger partial charge in [-0.05, 0) is 35.6 Å². The van der Waals surface area contributed by atoms with Gasteiger partial charge in [0.25, 0.3) is 0 Å². The summed E-state index contributed by atoms with van der Waals surface area (Å²) in [4.78, 5) is 113. The van der Waals surface area contributed by atoms with E-state index in [-0.39, 0.29) is 70.3 Å². The van der Waals surface area contributed by atoms with Crippen molar-refractivity contribution < 1.29 is 43.5 Å². The first kappa shape index (κ1) is 56.7. The van der Waals surface area contributed by atoms with Crippen LogP contribution in [0, 0.1) is 0 Å². The summed E-state index contributed by atoms with van der Waals surface area (Å²) in [7, 11) is 0. The number of hydrogen-bond acceptors (Lipinski definition) is 10. The Bertz CT molecular complexity index is 2420. The number of rotatable bonds is 32. The molecule has 22 heteroatoms. The number of aliphatic carboxylic acids is 1. The molecular formula is C49H65N11O9SSe. The molecule has 0 aliphatic carbocycles. The fourth-order valence-corrected chi connectivity index (χ4v) is 9.37. The zero-order valence-corrected chi connectivity index (χ0v) is 42.2. The van der Waals surface area contributed by atoms with Crippen molar-refractivity contribution in [2.45, 2.75) is 99.7 Å². The van der Waals surface area contributed by atoms with Crippen molar-refractivity contribution in [3.63, 3.8) is 0 Å². The number of nitrogens with one attached hydrogen (secondary N) is 7. The molecule has 0 radical (unpaired) electrons. The fraction of sp³-hybridized carbons (Fsp3) is 0.408. The van der Waals surface area contributed by atoms with Gasteiger partial charge in [-0.3, -0.25) is 28.8 Å². The Labute approximate surface area is 423 Å². The molecule has 0 spiro atoms. The van der Waals surface area contributed by atoms with E-state index in [2.05, 4.69) is 41.9 Å². The molecule has 0 bridgehead atoms. The number of fused-ring (bicyclic) bond motifs is 1. The van der Waals surface area contributed by atoms with Crippen molar-refractivity contribution in [3.8, 4) is 0 Å². The third-order valence-corrected chi connectivity index (χ3v) is 13.8. The van der Waals surface area contributed by atoms with Gasteiger partial charge in [-0.1, -0.05) is 48.5 Å². The van der Waals surface area contributed by atoms with Crippen LogP contribution in [0.15, 0.2) is 96.1 Å². The van der Waals surface area contributed by atoms with E-state index in [0.717, 1.165) is 20.9 Å². The van der Waals surface area contributed by atoms with Gasteiger partial charge >= 0.3 is 179 Å². The number of aliphatic imine (C=N–C) groups is 1. The smallest absolute Gasteiger partial charge is 0.305 e. The summed E-state index contributed by atoms with van der Waals surface area (Å²) in [6, 6.07) is 19.7. The summed E-state index contributed by atoms with van der Waals surface area (Å²) in [5.41, 5.74) is 18.7. The molecule has 0 unspecified atom stereocenters. The first-order valence-electron chi connectivity index (χ1n) is 23.2. The molecule has 5 atom stereocenters. The summed E-state index contributed by atoms with van der Waals surface area (Å²) in [5, 5.41) is 27.0. The zero-order valence-electron chi connectivity index (χ0n) is 39.7. The Kier molecular flexibility index (Phi) is 24.5. The number of aromatic amines is 1. The summed E-state index contributed by atoms with van der Waals surface area (Å²) < 4.78 is 1.06. The maximum atomic E-state index is 14.2. The molecule has 0 aliphatic heterocycles. The number of nitrogens with two attached hydrogens (primary N) is 3. The summed E-state index contributed by atoms with van der Waals surface area (Å²) >= 11 is 1.28. The van der Waals surface area contributed by atoms with Gasteiger partial charge in [-0.2, -0.15) is 11.8 Å². The second kappa shape index (κ2) is 30.7. The molecule has 4 rings (SSSR count). The number of nitrogens with zero attached hydrogens (tertiary/aromatic N) is 1. The Balaban J connectivity index is 1.37. The van der Waals surface area contributed by atoms with Crippen LogP contribution >= 0.6 is 11.8 Å². The molecule has 4 aromatic rings. The average molecular weight is 1060 g/mol. The van der Waals surface area contributed by atoms with Gasteiger partial charge in [0.2, 0.25) is 23.6 Å². The van der Waals surface area contributed by atoms with Crippen LogP contribution in [0.25, 0.3) is 10.9 Å². The summed E-state index contributed by atoms with van der Waals surface area (Å²) in [6.07, 6.45) is 5.15. The van der Waals surface area contributed by atoms with Gasteiger partial charge in [-0.15, -0.1) is 0 Å². The minimum absolute atomic E-state index is 0.0213. The Hall–Kier alpha value is -6.90. The minimum atomic E-state index is -1.64. The largest absolute Gasteiger partial charge is 0.481 e. The second-order valence-corrected chi connectivity index (χ2v) is 19.8. The van der Waals surface area contributed by atoms with Crippen LogP contribution in [-0.2, 0) is 51.2 Å². The standard InChI is InChI=1S/C49H65N11O9SSe/c1-70-25-22-37(46(67)60-40(28-43(63)64)48(69)59-38(44(50)65)26-31-14-5-2-6-15-31)58-47(68)39(27-32-29-55-35-19-11-10-18-34(32)35)57-41(61)21-9-4-12-23-53-45(66)36(20-13-24-54-49(51)52)56-42(62)30-71-33-16-7-3-8-17-33/h2-3,5-8,10-11,14-19,29,36-40,55H,4,9,12-13,20-28,30H2,1H3,(H2,50,65)(H,53,66)(H,56,62)(H,57,61)(H,58,68)(H,59,69)(H,60,67)(H,63,64)(H4,51,52,54)/t36-,37-,38-,39-,40-/m0/s1. The molecule has 0 saturated carbocycles.